The molecule has 5 nitrogen and oxygen atoms in total. The molecule has 0 N–H and O–H groups in total. The molecular formula is C15H15NO4S. The fraction of sp³-hybridized carbons (Fsp3) is 0.400. The lowest BCUT2D eigenvalue weighted by atomic mass is 10.1. The lowest BCUT2D eigenvalue weighted by Gasteiger charge is -2.19. The first-order chi connectivity index (χ1) is 10.1. The van der Waals surface area contributed by atoms with Crippen molar-refractivity contribution in [1.29, 1.82) is 0 Å². The van der Waals surface area contributed by atoms with Crippen LogP contribution >= 0.6 is 11.8 Å². The SMILES string of the molecule is CSC1CCCC1C(=O)ON1C(=O)c2ccccc2C1=O. The molecular weight excluding hydrogens is 290 g/mol. The second-order valence-corrected chi connectivity index (χ2v) is 6.25. The average molecular weight is 305 g/mol. The minimum Gasteiger partial charge on any atom is -0.329 e. The van der Waals surface area contributed by atoms with Gasteiger partial charge in [0, 0.05) is 5.25 Å². The van der Waals surface area contributed by atoms with Crippen LogP contribution in [0.5, 0.6) is 0 Å². The second kappa shape index (κ2) is 5.52. The largest absolute Gasteiger partial charge is 0.337 e. The Balaban J connectivity index is 1.76. The molecule has 2 amide bonds. The Kier molecular flexibility index (Phi) is 3.71. The van der Waals surface area contributed by atoms with Crippen molar-refractivity contribution >= 4 is 29.5 Å². The summed E-state index contributed by atoms with van der Waals surface area (Å²) in [5.74, 6) is -1.86. The van der Waals surface area contributed by atoms with Crippen LogP contribution in [0.15, 0.2) is 24.3 Å². The van der Waals surface area contributed by atoms with Gasteiger partial charge in [-0.05, 0) is 31.2 Å². The van der Waals surface area contributed by atoms with Gasteiger partial charge >= 0.3 is 5.97 Å². The normalized spacial score (nSPS) is 24.3. The minimum atomic E-state index is -0.567. The highest BCUT2D eigenvalue weighted by Gasteiger charge is 2.41. The molecule has 1 aliphatic heterocycles. The van der Waals surface area contributed by atoms with Gasteiger partial charge in [0.1, 0.15) is 0 Å². The molecule has 3 rings (SSSR count). The van der Waals surface area contributed by atoms with E-state index in [1.54, 1.807) is 36.0 Å². The summed E-state index contributed by atoms with van der Waals surface area (Å²) in [5.41, 5.74) is 0.561. The van der Waals surface area contributed by atoms with Crippen LogP contribution in [0.1, 0.15) is 40.0 Å². The molecule has 1 aromatic rings. The van der Waals surface area contributed by atoms with Crippen LogP contribution < -0.4 is 0 Å². The topological polar surface area (TPSA) is 63.7 Å². The Hall–Kier alpha value is -1.82. The minimum absolute atomic E-state index is 0.202. The number of thioether (sulfide) groups is 1. The Morgan fingerprint density at radius 3 is 2.38 bits per heavy atom. The van der Waals surface area contributed by atoms with Crippen molar-refractivity contribution in [3.8, 4) is 0 Å². The van der Waals surface area contributed by atoms with Gasteiger partial charge in [0.05, 0.1) is 17.0 Å². The Bertz CT molecular complexity index is 580. The van der Waals surface area contributed by atoms with Crippen LogP contribution in [0.25, 0.3) is 0 Å². The van der Waals surface area contributed by atoms with Crippen LogP contribution in [0.4, 0.5) is 0 Å². The fourth-order valence-corrected chi connectivity index (χ4v) is 3.86. The molecule has 2 unspecified atom stereocenters. The molecule has 21 heavy (non-hydrogen) atoms. The number of rotatable bonds is 3. The number of benzene rings is 1. The maximum atomic E-state index is 12.2. The standard InChI is InChI=1S/C15H15NO4S/c1-21-12-8-4-7-11(12)15(19)20-16-13(17)9-5-2-3-6-10(9)14(16)18/h2-3,5-6,11-12H,4,7-8H2,1H3. The maximum absolute atomic E-state index is 12.2. The highest BCUT2D eigenvalue weighted by molar-refractivity contribution is 7.99. The van der Waals surface area contributed by atoms with E-state index >= 15 is 0 Å². The number of imide groups is 1. The lowest BCUT2D eigenvalue weighted by molar-refractivity contribution is -0.173. The van der Waals surface area contributed by atoms with E-state index < -0.39 is 17.8 Å². The van der Waals surface area contributed by atoms with Crippen LogP contribution in [0, 0.1) is 5.92 Å². The molecule has 0 saturated heterocycles. The van der Waals surface area contributed by atoms with E-state index in [-0.39, 0.29) is 22.3 Å². The molecule has 0 aromatic heterocycles. The Labute approximate surface area is 126 Å². The van der Waals surface area contributed by atoms with Gasteiger partial charge in [-0.2, -0.15) is 11.8 Å². The monoisotopic (exact) mass is 305 g/mol. The van der Waals surface area contributed by atoms with Crippen molar-refractivity contribution in [3.05, 3.63) is 35.4 Å². The zero-order valence-electron chi connectivity index (χ0n) is 11.6. The molecule has 2 aliphatic rings. The van der Waals surface area contributed by atoms with Crippen LogP contribution in [-0.4, -0.2) is 34.4 Å². The Morgan fingerprint density at radius 2 is 1.81 bits per heavy atom. The van der Waals surface area contributed by atoms with E-state index in [4.69, 9.17) is 4.84 Å². The van der Waals surface area contributed by atoms with Gasteiger partial charge in [-0.15, -0.1) is 0 Å². The van der Waals surface area contributed by atoms with Crippen molar-refractivity contribution in [2.24, 2.45) is 5.92 Å². The zero-order chi connectivity index (χ0) is 15.0. The van der Waals surface area contributed by atoms with Crippen LogP contribution in [0.2, 0.25) is 0 Å². The first kappa shape index (κ1) is 14.1. The summed E-state index contributed by atoms with van der Waals surface area (Å²) in [6.07, 6.45) is 4.63. The maximum Gasteiger partial charge on any atom is 0.337 e. The van der Waals surface area contributed by atoms with E-state index in [1.807, 2.05) is 6.26 Å². The number of fused-ring (bicyclic) bond motifs is 1. The van der Waals surface area contributed by atoms with Crippen molar-refractivity contribution in [1.82, 2.24) is 5.06 Å². The summed E-state index contributed by atoms with van der Waals surface area (Å²) >= 11 is 1.63. The number of hydrogen-bond donors (Lipinski definition) is 0. The van der Waals surface area contributed by atoms with Gasteiger partial charge in [0.2, 0.25) is 0 Å². The van der Waals surface area contributed by atoms with Crippen molar-refractivity contribution < 1.29 is 19.2 Å². The summed E-state index contributed by atoms with van der Waals surface area (Å²) in [7, 11) is 0. The van der Waals surface area contributed by atoms with E-state index in [0.29, 0.717) is 5.06 Å². The van der Waals surface area contributed by atoms with Crippen LogP contribution in [0.3, 0.4) is 0 Å². The van der Waals surface area contributed by atoms with Crippen molar-refractivity contribution in [3.63, 3.8) is 0 Å². The van der Waals surface area contributed by atoms with Gasteiger partial charge in [-0.3, -0.25) is 9.59 Å². The van der Waals surface area contributed by atoms with E-state index in [9.17, 15) is 14.4 Å². The van der Waals surface area contributed by atoms with Gasteiger partial charge in [-0.25, -0.2) is 4.79 Å². The number of amides is 2. The number of carbonyl (C=O) groups is 3. The number of hydrogen-bond acceptors (Lipinski definition) is 5. The summed E-state index contributed by atoms with van der Waals surface area (Å²) in [4.78, 5) is 41.6. The summed E-state index contributed by atoms with van der Waals surface area (Å²) in [6, 6.07) is 6.47. The molecule has 1 aliphatic carbocycles. The second-order valence-electron chi connectivity index (χ2n) is 5.17. The predicted octanol–water partition coefficient (Wildman–Crippen LogP) is 2.27. The zero-order valence-corrected chi connectivity index (χ0v) is 12.4. The fourth-order valence-electron chi connectivity index (χ4n) is 2.89. The Morgan fingerprint density at radius 1 is 1.19 bits per heavy atom. The van der Waals surface area contributed by atoms with Crippen LogP contribution in [-0.2, 0) is 9.63 Å². The molecule has 1 fully saturated rings. The molecule has 1 aromatic carbocycles. The lowest BCUT2D eigenvalue weighted by Crippen LogP contribution is -2.36. The number of carbonyl (C=O) groups excluding carboxylic acids is 3. The summed E-state index contributed by atoms with van der Waals surface area (Å²) in [6.45, 7) is 0. The molecule has 0 spiro atoms. The van der Waals surface area contributed by atoms with E-state index in [2.05, 4.69) is 0 Å². The van der Waals surface area contributed by atoms with Crippen molar-refractivity contribution in [2.45, 2.75) is 24.5 Å². The molecule has 2 atom stereocenters. The quantitative estimate of drug-likeness (QED) is 0.802. The molecule has 1 saturated carbocycles. The smallest absolute Gasteiger partial charge is 0.329 e. The third-order valence-electron chi connectivity index (χ3n) is 4.00. The van der Waals surface area contributed by atoms with E-state index in [1.165, 1.54) is 0 Å². The molecule has 1 heterocycles. The van der Waals surface area contributed by atoms with E-state index in [0.717, 1.165) is 19.3 Å². The summed E-state index contributed by atoms with van der Waals surface area (Å²) < 4.78 is 0. The highest BCUT2D eigenvalue weighted by atomic mass is 32.2. The molecule has 110 valence electrons. The number of hydroxylamine groups is 2. The number of nitrogens with zero attached hydrogens (tertiary/aromatic N) is 1. The first-order valence-corrected chi connectivity index (χ1v) is 8.14. The highest BCUT2D eigenvalue weighted by Crippen LogP contribution is 2.35. The van der Waals surface area contributed by atoms with Gasteiger partial charge in [-0.1, -0.05) is 23.6 Å². The summed E-state index contributed by atoms with van der Waals surface area (Å²) in [5, 5.41) is 0.801. The third kappa shape index (κ3) is 2.33. The molecule has 6 heteroatoms. The average Bonchev–Trinajstić information content (AvgIpc) is 3.07. The first-order valence-electron chi connectivity index (χ1n) is 6.86. The predicted molar refractivity (Wildman–Crippen MR) is 77.7 cm³/mol. The van der Waals surface area contributed by atoms with Gasteiger partial charge in [0.25, 0.3) is 11.8 Å². The van der Waals surface area contributed by atoms with Gasteiger partial charge in [0.15, 0.2) is 0 Å². The third-order valence-corrected chi connectivity index (χ3v) is 5.17. The molecule has 0 radical (unpaired) electrons. The van der Waals surface area contributed by atoms with Crippen molar-refractivity contribution in [2.75, 3.05) is 6.26 Å². The van der Waals surface area contributed by atoms with Gasteiger partial charge < -0.3 is 4.84 Å². The molecule has 0 bridgehead atoms.